The van der Waals surface area contributed by atoms with E-state index in [9.17, 15) is 0 Å². The third-order valence-electron chi connectivity index (χ3n) is 2.32. The van der Waals surface area contributed by atoms with E-state index in [1.54, 1.807) is 7.05 Å². The number of azo groups is 1. The molecule has 0 aliphatic heterocycles. The van der Waals surface area contributed by atoms with Crippen LogP contribution in [0.3, 0.4) is 0 Å². The molecule has 2 nitrogen and oxygen atoms in total. The van der Waals surface area contributed by atoms with Crippen LogP contribution in [0.15, 0.2) is 22.4 Å². The van der Waals surface area contributed by atoms with E-state index in [-0.39, 0.29) is 0 Å². The number of hydrogen-bond donors (Lipinski definition) is 0. The van der Waals surface area contributed by atoms with Crippen molar-refractivity contribution in [3.8, 4) is 0 Å². The van der Waals surface area contributed by atoms with Gasteiger partial charge in [0.25, 0.3) is 0 Å². The number of nitrogens with zero attached hydrogens (tertiary/aromatic N) is 2. The smallest absolute Gasteiger partial charge is 0.0739 e. The molecule has 0 heterocycles. The van der Waals surface area contributed by atoms with Gasteiger partial charge >= 0.3 is 0 Å². The fourth-order valence-electron chi connectivity index (χ4n) is 1.65. The van der Waals surface area contributed by atoms with Gasteiger partial charge in [-0.25, -0.2) is 0 Å². The number of allylic oxidation sites excluding steroid dienone is 1. The molecule has 1 rings (SSSR count). The summed E-state index contributed by atoms with van der Waals surface area (Å²) in [6, 6.07) is 0.450. The van der Waals surface area contributed by atoms with Crippen LogP contribution < -0.4 is 0 Å². The van der Waals surface area contributed by atoms with Gasteiger partial charge in [0.05, 0.1) is 6.04 Å². The molecule has 1 saturated carbocycles. The van der Waals surface area contributed by atoms with Gasteiger partial charge in [-0.2, -0.15) is 10.2 Å². The van der Waals surface area contributed by atoms with Gasteiger partial charge in [-0.1, -0.05) is 19.1 Å². The maximum Gasteiger partial charge on any atom is 0.0739 e. The highest BCUT2D eigenvalue weighted by Crippen LogP contribution is 2.29. The van der Waals surface area contributed by atoms with Crippen LogP contribution in [0.1, 0.15) is 26.2 Å². The minimum Gasteiger partial charge on any atom is -0.197 e. The first-order chi connectivity index (χ1) is 5.24. The lowest BCUT2D eigenvalue weighted by Crippen LogP contribution is -2.20. The van der Waals surface area contributed by atoms with Crippen LogP contribution >= 0.6 is 0 Å². The normalized spacial score (nSPS) is 33.1. The first-order valence-corrected chi connectivity index (χ1v) is 4.19. The summed E-state index contributed by atoms with van der Waals surface area (Å²) in [5, 5.41) is 8.01. The predicted molar refractivity (Wildman–Crippen MR) is 46.7 cm³/mol. The summed E-state index contributed by atoms with van der Waals surface area (Å²) >= 11 is 0. The molecular weight excluding hydrogens is 136 g/mol. The molecule has 1 aliphatic rings. The van der Waals surface area contributed by atoms with Crippen molar-refractivity contribution >= 4 is 0 Å². The van der Waals surface area contributed by atoms with Gasteiger partial charge in [0, 0.05) is 7.05 Å². The van der Waals surface area contributed by atoms with Crippen molar-refractivity contribution in [2.45, 2.75) is 32.2 Å². The van der Waals surface area contributed by atoms with Gasteiger partial charge in [-0.15, -0.1) is 0 Å². The van der Waals surface area contributed by atoms with Crippen LogP contribution in [0.4, 0.5) is 0 Å². The molecule has 2 unspecified atom stereocenters. The van der Waals surface area contributed by atoms with Crippen LogP contribution in [0, 0.1) is 5.92 Å². The van der Waals surface area contributed by atoms with E-state index < -0.39 is 0 Å². The Kier molecular flexibility index (Phi) is 2.80. The second kappa shape index (κ2) is 3.65. The monoisotopic (exact) mass is 152 g/mol. The third-order valence-corrected chi connectivity index (χ3v) is 2.32. The van der Waals surface area contributed by atoms with Gasteiger partial charge in [-0.05, 0) is 25.2 Å². The minimum absolute atomic E-state index is 0.450. The van der Waals surface area contributed by atoms with Gasteiger partial charge < -0.3 is 0 Å². The van der Waals surface area contributed by atoms with Gasteiger partial charge in [0.1, 0.15) is 0 Å². The maximum atomic E-state index is 4.18. The average molecular weight is 152 g/mol. The Bertz CT molecular complexity index is 172. The zero-order valence-corrected chi connectivity index (χ0v) is 7.38. The van der Waals surface area contributed by atoms with Crippen molar-refractivity contribution in [1.82, 2.24) is 0 Å². The highest BCUT2D eigenvalue weighted by Gasteiger charge is 2.22. The molecule has 62 valence electrons. The topological polar surface area (TPSA) is 24.7 Å². The van der Waals surface area contributed by atoms with Crippen LogP contribution in [0.25, 0.3) is 0 Å². The maximum absolute atomic E-state index is 4.18. The van der Waals surface area contributed by atoms with Crippen molar-refractivity contribution in [2.24, 2.45) is 16.1 Å². The summed E-state index contributed by atoms with van der Waals surface area (Å²) < 4.78 is 0. The van der Waals surface area contributed by atoms with Gasteiger partial charge in [0.2, 0.25) is 0 Å². The van der Waals surface area contributed by atoms with Crippen molar-refractivity contribution in [1.29, 1.82) is 0 Å². The molecule has 1 fully saturated rings. The quantitative estimate of drug-likeness (QED) is 0.408. The van der Waals surface area contributed by atoms with Crippen molar-refractivity contribution in [3.05, 3.63) is 12.2 Å². The van der Waals surface area contributed by atoms with E-state index in [2.05, 4.69) is 23.7 Å². The summed E-state index contributed by atoms with van der Waals surface area (Å²) in [5.41, 5.74) is 1.38. The zero-order valence-electron chi connectivity index (χ0n) is 7.38. The standard InChI is InChI=1S/C9H16N2/c1-7-4-5-9(11-10-3)8(2)6-7/h8-9H,1,4-6H2,2-3H3. The lowest BCUT2D eigenvalue weighted by Gasteiger charge is -2.25. The molecule has 0 aromatic rings. The summed E-state index contributed by atoms with van der Waals surface area (Å²) in [4.78, 5) is 0. The molecule has 1 aliphatic carbocycles. The molecule has 0 bridgehead atoms. The molecule has 0 radical (unpaired) electrons. The van der Waals surface area contributed by atoms with E-state index in [0.29, 0.717) is 12.0 Å². The third kappa shape index (κ3) is 2.14. The molecule has 2 heteroatoms. The Morgan fingerprint density at radius 2 is 2.27 bits per heavy atom. The minimum atomic E-state index is 0.450. The van der Waals surface area contributed by atoms with Crippen LogP contribution in [-0.4, -0.2) is 13.1 Å². The molecule has 0 aromatic carbocycles. The Morgan fingerprint density at radius 1 is 1.55 bits per heavy atom. The lowest BCUT2D eigenvalue weighted by atomic mass is 9.84. The van der Waals surface area contributed by atoms with E-state index in [4.69, 9.17) is 0 Å². The molecular formula is C9H16N2. The van der Waals surface area contributed by atoms with E-state index in [1.807, 2.05) is 0 Å². The second-order valence-corrected chi connectivity index (χ2v) is 3.35. The SMILES string of the molecule is C=C1CCC(N=NC)C(C)C1. The molecule has 0 N–H and O–H groups in total. The molecule has 11 heavy (non-hydrogen) atoms. The fourth-order valence-corrected chi connectivity index (χ4v) is 1.65. The van der Waals surface area contributed by atoms with Crippen LogP contribution in [0.2, 0.25) is 0 Å². The summed E-state index contributed by atoms with van der Waals surface area (Å²) in [6.07, 6.45) is 3.40. The van der Waals surface area contributed by atoms with Crippen molar-refractivity contribution < 1.29 is 0 Å². The van der Waals surface area contributed by atoms with E-state index in [0.717, 1.165) is 19.3 Å². The number of hydrogen-bond acceptors (Lipinski definition) is 2. The van der Waals surface area contributed by atoms with Crippen molar-refractivity contribution in [3.63, 3.8) is 0 Å². The highest BCUT2D eigenvalue weighted by atomic mass is 15.1. The summed E-state index contributed by atoms with van der Waals surface area (Å²) in [5.74, 6) is 0.639. The van der Waals surface area contributed by atoms with Gasteiger partial charge in [-0.3, -0.25) is 0 Å². The zero-order chi connectivity index (χ0) is 8.27. The average Bonchev–Trinajstić information content (AvgIpc) is 1.95. The Balaban J connectivity index is 2.50. The number of rotatable bonds is 1. The van der Waals surface area contributed by atoms with Crippen molar-refractivity contribution in [2.75, 3.05) is 7.05 Å². The van der Waals surface area contributed by atoms with Crippen LogP contribution in [-0.2, 0) is 0 Å². The van der Waals surface area contributed by atoms with Crippen LogP contribution in [0.5, 0.6) is 0 Å². The summed E-state index contributed by atoms with van der Waals surface area (Å²) in [6.45, 7) is 6.21. The molecule has 0 aromatic heterocycles. The first-order valence-electron chi connectivity index (χ1n) is 4.19. The van der Waals surface area contributed by atoms with Gasteiger partial charge in [0.15, 0.2) is 0 Å². The molecule has 0 spiro atoms. The molecule has 0 amide bonds. The van der Waals surface area contributed by atoms with E-state index >= 15 is 0 Å². The Morgan fingerprint density at radius 3 is 2.82 bits per heavy atom. The second-order valence-electron chi connectivity index (χ2n) is 3.35. The Hall–Kier alpha value is -0.660. The fraction of sp³-hybridized carbons (Fsp3) is 0.778. The lowest BCUT2D eigenvalue weighted by molar-refractivity contribution is 0.375. The molecule has 2 atom stereocenters. The summed E-state index contributed by atoms with van der Waals surface area (Å²) in [7, 11) is 1.75. The predicted octanol–water partition coefficient (Wildman–Crippen LogP) is 2.81. The Labute approximate surface area is 68.4 Å². The van der Waals surface area contributed by atoms with E-state index in [1.165, 1.54) is 5.57 Å². The highest BCUT2D eigenvalue weighted by molar-refractivity contribution is 5.02. The molecule has 0 saturated heterocycles. The first kappa shape index (κ1) is 8.44. The largest absolute Gasteiger partial charge is 0.197 e.